The molecular formula is C25H38O3. The van der Waals surface area contributed by atoms with E-state index in [2.05, 4.69) is 38.1 Å². The smallest absolute Gasteiger partial charge is 0.303 e. The van der Waals surface area contributed by atoms with Crippen molar-refractivity contribution >= 4 is 11.8 Å². The van der Waals surface area contributed by atoms with Gasteiger partial charge in [-0.25, -0.2) is 0 Å². The second-order valence-electron chi connectivity index (χ2n) is 8.63. The molecule has 156 valence electrons. The van der Waals surface area contributed by atoms with Crippen LogP contribution < -0.4 is 0 Å². The molecule has 0 radical (unpaired) electrons. The van der Waals surface area contributed by atoms with Gasteiger partial charge in [0.25, 0.3) is 0 Å². The first-order valence-corrected chi connectivity index (χ1v) is 11.4. The molecule has 0 bridgehead atoms. The summed E-state index contributed by atoms with van der Waals surface area (Å²) < 4.78 is 0. The zero-order valence-corrected chi connectivity index (χ0v) is 17.8. The highest BCUT2D eigenvalue weighted by Gasteiger charge is 2.35. The molecule has 3 nitrogen and oxygen atoms in total. The number of carboxylic acid groups (broad SMARTS) is 1. The summed E-state index contributed by atoms with van der Waals surface area (Å²) in [6, 6.07) is 8.99. The molecule has 0 aliphatic heterocycles. The normalized spacial score (nSPS) is 20.4. The number of carbonyl (C=O) groups is 2. The van der Waals surface area contributed by atoms with Crippen LogP contribution in [0.15, 0.2) is 24.3 Å². The van der Waals surface area contributed by atoms with Crippen LogP contribution >= 0.6 is 0 Å². The molecule has 3 atom stereocenters. The number of carbonyl (C=O) groups excluding carboxylic acids is 1. The number of ketones is 1. The minimum Gasteiger partial charge on any atom is -0.481 e. The van der Waals surface area contributed by atoms with E-state index in [1.54, 1.807) is 0 Å². The average molecular weight is 387 g/mol. The van der Waals surface area contributed by atoms with Gasteiger partial charge in [-0.05, 0) is 48.6 Å². The van der Waals surface area contributed by atoms with E-state index in [0.29, 0.717) is 24.0 Å². The molecule has 1 saturated carbocycles. The first-order valence-electron chi connectivity index (χ1n) is 11.4. The van der Waals surface area contributed by atoms with Crippen molar-refractivity contribution in [2.24, 2.45) is 5.92 Å². The van der Waals surface area contributed by atoms with Gasteiger partial charge in [0, 0.05) is 18.8 Å². The molecule has 0 amide bonds. The monoisotopic (exact) mass is 386 g/mol. The van der Waals surface area contributed by atoms with Crippen LogP contribution in [0.5, 0.6) is 0 Å². The molecule has 0 heterocycles. The molecule has 28 heavy (non-hydrogen) atoms. The van der Waals surface area contributed by atoms with E-state index in [4.69, 9.17) is 5.11 Å². The molecule has 0 aromatic heterocycles. The Morgan fingerprint density at radius 3 is 2.68 bits per heavy atom. The third-order valence-corrected chi connectivity index (χ3v) is 6.41. The highest BCUT2D eigenvalue weighted by molar-refractivity contribution is 5.84. The van der Waals surface area contributed by atoms with Crippen molar-refractivity contribution in [1.29, 1.82) is 0 Å². The van der Waals surface area contributed by atoms with E-state index in [1.165, 1.54) is 36.8 Å². The van der Waals surface area contributed by atoms with Gasteiger partial charge in [-0.1, -0.05) is 76.6 Å². The Balaban J connectivity index is 1.90. The topological polar surface area (TPSA) is 54.4 Å². The summed E-state index contributed by atoms with van der Waals surface area (Å²) in [6.07, 6.45) is 11.7. The molecule has 1 N–H and O–H groups in total. The van der Waals surface area contributed by atoms with Crippen LogP contribution in [-0.2, 0) is 9.59 Å². The molecule has 2 unspecified atom stereocenters. The Labute approximate surface area is 170 Å². The molecule has 1 aromatic rings. The minimum atomic E-state index is -0.713. The standard InChI is InChI=1S/C25H38O3/c1-3-4-7-11-19(2)20-12-10-13-21(18-20)22-16-17-24(26)23(22)14-8-5-6-9-15-25(27)28/h10,12-13,18-19,22-23H,3-9,11,14-17H2,1-2H3,(H,27,28)/t19?,22?,23-/m1/s1. The number of benzene rings is 1. The Morgan fingerprint density at radius 1 is 1.14 bits per heavy atom. The second kappa shape index (κ2) is 12.0. The third kappa shape index (κ3) is 7.07. The predicted molar refractivity (Wildman–Crippen MR) is 115 cm³/mol. The average Bonchev–Trinajstić information content (AvgIpc) is 3.05. The summed E-state index contributed by atoms with van der Waals surface area (Å²) in [7, 11) is 0. The molecule has 0 saturated heterocycles. The van der Waals surface area contributed by atoms with Crippen molar-refractivity contribution in [1.82, 2.24) is 0 Å². The van der Waals surface area contributed by atoms with Crippen LogP contribution in [0.2, 0.25) is 0 Å². The number of carboxylic acids is 1. The highest BCUT2D eigenvalue weighted by atomic mass is 16.4. The Kier molecular flexibility index (Phi) is 9.73. The van der Waals surface area contributed by atoms with Crippen molar-refractivity contribution in [3.05, 3.63) is 35.4 Å². The van der Waals surface area contributed by atoms with Gasteiger partial charge in [-0.3, -0.25) is 9.59 Å². The fraction of sp³-hybridized carbons (Fsp3) is 0.680. The Morgan fingerprint density at radius 2 is 1.93 bits per heavy atom. The van der Waals surface area contributed by atoms with Crippen LogP contribution in [0, 0.1) is 5.92 Å². The molecule has 1 aromatic carbocycles. The quantitative estimate of drug-likeness (QED) is 0.377. The van der Waals surface area contributed by atoms with E-state index in [9.17, 15) is 9.59 Å². The van der Waals surface area contributed by atoms with Crippen molar-refractivity contribution in [3.63, 3.8) is 0 Å². The summed E-state index contributed by atoms with van der Waals surface area (Å²) in [4.78, 5) is 23.1. The minimum absolute atomic E-state index is 0.158. The third-order valence-electron chi connectivity index (χ3n) is 6.41. The molecule has 0 spiro atoms. The van der Waals surface area contributed by atoms with Crippen molar-refractivity contribution < 1.29 is 14.7 Å². The van der Waals surface area contributed by atoms with Crippen LogP contribution in [-0.4, -0.2) is 16.9 Å². The van der Waals surface area contributed by atoms with Gasteiger partial charge in [0.1, 0.15) is 5.78 Å². The fourth-order valence-electron chi connectivity index (χ4n) is 4.63. The van der Waals surface area contributed by atoms with E-state index in [0.717, 1.165) is 38.5 Å². The maximum absolute atomic E-state index is 12.5. The van der Waals surface area contributed by atoms with E-state index in [1.807, 2.05) is 0 Å². The number of rotatable bonds is 13. The van der Waals surface area contributed by atoms with Gasteiger partial charge in [-0.15, -0.1) is 0 Å². The lowest BCUT2D eigenvalue weighted by molar-refractivity contribution is -0.137. The zero-order valence-electron chi connectivity index (χ0n) is 17.8. The molecule has 2 rings (SSSR count). The highest BCUT2D eigenvalue weighted by Crippen LogP contribution is 2.41. The van der Waals surface area contributed by atoms with Crippen LogP contribution in [0.3, 0.4) is 0 Å². The van der Waals surface area contributed by atoms with E-state index >= 15 is 0 Å². The number of aliphatic carboxylic acids is 1. The first kappa shape index (κ1) is 22.6. The summed E-state index contributed by atoms with van der Waals surface area (Å²) >= 11 is 0. The molecular weight excluding hydrogens is 348 g/mol. The summed E-state index contributed by atoms with van der Waals surface area (Å²) in [5.41, 5.74) is 2.77. The maximum Gasteiger partial charge on any atom is 0.303 e. The Bertz CT molecular complexity index is 622. The first-order chi connectivity index (χ1) is 13.5. The van der Waals surface area contributed by atoms with Crippen molar-refractivity contribution in [2.75, 3.05) is 0 Å². The van der Waals surface area contributed by atoms with Gasteiger partial charge >= 0.3 is 5.97 Å². The number of unbranched alkanes of at least 4 members (excludes halogenated alkanes) is 5. The second-order valence-corrected chi connectivity index (χ2v) is 8.63. The SMILES string of the molecule is CCCCCC(C)c1cccc(C2CCC(=O)[C@@H]2CCCCCCC(=O)O)c1. The van der Waals surface area contributed by atoms with Gasteiger partial charge < -0.3 is 5.11 Å². The molecule has 1 fully saturated rings. The largest absolute Gasteiger partial charge is 0.481 e. The molecule has 3 heteroatoms. The lowest BCUT2D eigenvalue weighted by Gasteiger charge is -2.21. The van der Waals surface area contributed by atoms with Gasteiger partial charge in [0.05, 0.1) is 0 Å². The predicted octanol–water partition coefficient (Wildman–Crippen LogP) is 6.86. The molecule has 1 aliphatic carbocycles. The number of hydrogen-bond acceptors (Lipinski definition) is 2. The number of hydrogen-bond donors (Lipinski definition) is 1. The van der Waals surface area contributed by atoms with Gasteiger partial charge in [0.15, 0.2) is 0 Å². The summed E-state index contributed by atoms with van der Waals surface area (Å²) in [6.45, 7) is 4.57. The van der Waals surface area contributed by atoms with Gasteiger partial charge in [-0.2, -0.15) is 0 Å². The van der Waals surface area contributed by atoms with Crippen molar-refractivity contribution in [2.45, 2.75) is 103 Å². The lowest BCUT2D eigenvalue weighted by Crippen LogP contribution is -2.14. The zero-order chi connectivity index (χ0) is 20.4. The van der Waals surface area contributed by atoms with E-state index in [-0.39, 0.29) is 12.3 Å². The Hall–Kier alpha value is -1.64. The van der Waals surface area contributed by atoms with Crippen LogP contribution in [0.4, 0.5) is 0 Å². The molecule has 1 aliphatic rings. The maximum atomic E-state index is 12.5. The number of Topliss-reactive ketones (excluding diaryl/α,β-unsaturated/α-hetero) is 1. The summed E-state index contributed by atoms with van der Waals surface area (Å²) in [5, 5.41) is 8.72. The van der Waals surface area contributed by atoms with Crippen molar-refractivity contribution in [3.8, 4) is 0 Å². The van der Waals surface area contributed by atoms with Gasteiger partial charge in [0.2, 0.25) is 0 Å². The van der Waals surface area contributed by atoms with E-state index < -0.39 is 5.97 Å². The summed E-state index contributed by atoms with van der Waals surface area (Å²) in [5.74, 6) is 0.822. The lowest BCUT2D eigenvalue weighted by atomic mass is 9.83. The van der Waals surface area contributed by atoms with Crippen LogP contribution in [0.1, 0.15) is 114 Å². The fourth-order valence-corrected chi connectivity index (χ4v) is 4.63. The van der Waals surface area contributed by atoms with Crippen LogP contribution in [0.25, 0.3) is 0 Å².